The van der Waals surface area contributed by atoms with Gasteiger partial charge in [-0.3, -0.25) is 9.36 Å². The van der Waals surface area contributed by atoms with Crippen LogP contribution in [0.3, 0.4) is 0 Å². The summed E-state index contributed by atoms with van der Waals surface area (Å²) < 4.78 is 3.87. The van der Waals surface area contributed by atoms with Crippen LogP contribution in [-0.4, -0.2) is 20.3 Å². The minimum Gasteiger partial charge on any atom is -0.377 e. The minimum absolute atomic E-state index is 0.00972. The van der Waals surface area contributed by atoms with Crippen LogP contribution < -0.4 is 10.6 Å². The molecule has 0 aliphatic rings. The Morgan fingerprint density at radius 3 is 2.55 bits per heavy atom. The van der Waals surface area contributed by atoms with Crippen molar-refractivity contribution in [3.63, 3.8) is 0 Å². The third-order valence-electron chi connectivity index (χ3n) is 5.22. The normalized spacial score (nSPS) is 10.8. The van der Waals surface area contributed by atoms with E-state index in [4.69, 9.17) is 23.8 Å². The number of halogens is 1. The predicted molar refractivity (Wildman–Crippen MR) is 136 cm³/mol. The van der Waals surface area contributed by atoms with E-state index in [2.05, 4.69) is 15.7 Å². The van der Waals surface area contributed by atoms with Crippen molar-refractivity contribution < 1.29 is 4.79 Å². The number of anilines is 2. The fraction of sp³-hybridized carbons (Fsp3) is 0.160. The van der Waals surface area contributed by atoms with Gasteiger partial charge >= 0.3 is 0 Å². The number of aryl methyl sites for hydroxylation is 1. The third kappa shape index (κ3) is 5.32. The molecule has 1 heterocycles. The molecule has 0 unspecified atom stereocenters. The number of amides is 1. The van der Waals surface area contributed by atoms with E-state index in [1.165, 1.54) is 0 Å². The number of hydrogen-bond acceptors (Lipinski definition) is 4. The van der Waals surface area contributed by atoms with E-state index < -0.39 is 0 Å². The SMILES string of the molecule is Cc1cccc(NC(=O)Cn2nc(CNc3cccc(Cl)c3C)n(-c3ccccc3)c2=S)c1. The Kier molecular flexibility index (Phi) is 6.91. The van der Waals surface area contributed by atoms with Crippen LogP contribution in [-0.2, 0) is 17.9 Å². The summed E-state index contributed by atoms with van der Waals surface area (Å²) in [4.78, 5) is 12.7. The van der Waals surface area contributed by atoms with Gasteiger partial charge in [-0.1, -0.05) is 48.0 Å². The van der Waals surface area contributed by atoms with Crippen molar-refractivity contribution in [3.8, 4) is 5.69 Å². The number of carbonyl (C=O) groups excluding carboxylic acids is 1. The highest BCUT2D eigenvalue weighted by molar-refractivity contribution is 7.71. The summed E-state index contributed by atoms with van der Waals surface area (Å²) in [6, 6.07) is 23.1. The van der Waals surface area contributed by atoms with E-state index in [1.807, 2.05) is 91.2 Å². The summed E-state index contributed by atoms with van der Waals surface area (Å²) in [7, 11) is 0. The second kappa shape index (κ2) is 10.0. The maximum Gasteiger partial charge on any atom is 0.246 e. The summed E-state index contributed by atoms with van der Waals surface area (Å²) in [6.07, 6.45) is 0. The first-order valence-corrected chi connectivity index (χ1v) is 11.3. The largest absolute Gasteiger partial charge is 0.377 e. The molecule has 3 aromatic carbocycles. The molecule has 0 saturated heterocycles. The van der Waals surface area contributed by atoms with Crippen molar-refractivity contribution in [1.29, 1.82) is 0 Å². The summed E-state index contributed by atoms with van der Waals surface area (Å²) in [5.74, 6) is 0.494. The molecule has 0 saturated carbocycles. The summed E-state index contributed by atoms with van der Waals surface area (Å²) in [5, 5.41) is 11.7. The van der Waals surface area contributed by atoms with Gasteiger partial charge in [-0.25, -0.2) is 4.68 Å². The highest BCUT2D eigenvalue weighted by Crippen LogP contribution is 2.24. The van der Waals surface area contributed by atoms with Crippen molar-refractivity contribution >= 4 is 41.1 Å². The number of carbonyl (C=O) groups is 1. The van der Waals surface area contributed by atoms with Crippen molar-refractivity contribution in [1.82, 2.24) is 14.3 Å². The number of para-hydroxylation sites is 1. The van der Waals surface area contributed by atoms with Crippen LogP contribution in [0.5, 0.6) is 0 Å². The van der Waals surface area contributed by atoms with Gasteiger partial charge in [-0.2, -0.15) is 5.10 Å². The van der Waals surface area contributed by atoms with E-state index in [-0.39, 0.29) is 12.5 Å². The zero-order chi connectivity index (χ0) is 23.4. The number of hydrogen-bond donors (Lipinski definition) is 2. The Labute approximate surface area is 202 Å². The van der Waals surface area contributed by atoms with Gasteiger partial charge in [-0.05, 0) is 73.6 Å². The lowest BCUT2D eigenvalue weighted by atomic mass is 10.2. The van der Waals surface area contributed by atoms with Crippen LogP contribution in [0.2, 0.25) is 5.02 Å². The van der Waals surface area contributed by atoms with E-state index in [0.717, 1.165) is 28.2 Å². The second-order valence-corrected chi connectivity index (χ2v) is 8.48. The lowest BCUT2D eigenvalue weighted by Gasteiger charge is -2.11. The zero-order valence-electron chi connectivity index (χ0n) is 18.4. The van der Waals surface area contributed by atoms with Crippen LogP contribution in [0.1, 0.15) is 17.0 Å². The molecule has 0 aliphatic heterocycles. The molecule has 0 radical (unpaired) electrons. The Morgan fingerprint density at radius 2 is 1.79 bits per heavy atom. The van der Waals surface area contributed by atoms with Crippen LogP contribution in [0, 0.1) is 18.6 Å². The first-order valence-electron chi connectivity index (χ1n) is 10.5. The van der Waals surface area contributed by atoms with Gasteiger partial charge in [-0.15, -0.1) is 0 Å². The lowest BCUT2D eigenvalue weighted by molar-refractivity contribution is -0.116. The third-order valence-corrected chi connectivity index (χ3v) is 6.02. The van der Waals surface area contributed by atoms with Gasteiger partial charge in [0.2, 0.25) is 10.7 Å². The zero-order valence-corrected chi connectivity index (χ0v) is 20.0. The molecule has 2 N–H and O–H groups in total. The van der Waals surface area contributed by atoms with Crippen LogP contribution >= 0.6 is 23.8 Å². The van der Waals surface area contributed by atoms with Gasteiger partial charge in [0, 0.05) is 22.1 Å². The fourth-order valence-electron chi connectivity index (χ4n) is 3.54. The molecule has 8 heteroatoms. The van der Waals surface area contributed by atoms with Crippen LogP contribution in [0.4, 0.5) is 11.4 Å². The summed E-state index contributed by atoms with van der Waals surface area (Å²) in [5.41, 5.74) is 4.57. The molecular formula is C25H24ClN5OS. The minimum atomic E-state index is -0.195. The number of aromatic nitrogens is 3. The second-order valence-electron chi connectivity index (χ2n) is 7.71. The molecule has 4 aromatic rings. The first-order chi connectivity index (χ1) is 15.9. The molecule has 0 spiro atoms. The highest BCUT2D eigenvalue weighted by atomic mass is 35.5. The molecule has 1 aromatic heterocycles. The van der Waals surface area contributed by atoms with Crippen molar-refractivity contribution in [3.05, 3.63) is 99.5 Å². The molecular weight excluding hydrogens is 454 g/mol. The summed E-state index contributed by atoms with van der Waals surface area (Å²) in [6.45, 7) is 4.36. The molecule has 0 bridgehead atoms. The molecule has 33 heavy (non-hydrogen) atoms. The number of benzene rings is 3. The van der Waals surface area contributed by atoms with Crippen LogP contribution in [0.25, 0.3) is 5.69 Å². The Bertz CT molecular complexity index is 1350. The monoisotopic (exact) mass is 477 g/mol. The Morgan fingerprint density at radius 1 is 1.03 bits per heavy atom. The standard InChI is InChI=1S/C25H24ClN5OS/c1-17-8-6-9-19(14-17)28-24(32)16-30-25(33)31(20-10-4-3-5-11-20)23(29-30)15-27-22-13-7-12-21(26)18(22)2/h3-14,27H,15-16H2,1-2H3,(H,28,32). The van der Waals surface area contributed by atoms with Gasteiger partial charge in [0.25, 0.3) is 0 Å². The number of rotatable bonds is 7. The molecule has 1 amide bonds. The van der Waals surface area contributed by atoms with E-state index in [0.29, 0.717) is 22.2 Å². The average Bonchev–Trinajstić information content (AvgIpc) is 3.10. The quantitative estimate of drug-likeness (QED) is 0.324. The molecule has 4 rings (SSSR count). The smallest absolute Gasteiger partial charge is 0.246 e. The van der Waals surface area contributed by atoms with Gasteiger partial charge < -0.3 is 10.6 Å². The van der Waals surface area contributed by atoms with Crippen LogP contribution in [0.15, 0.2) is 72.8 Å². The molecule has 0 fully saturated rings. The number of nitrogens with one attached hydrogen (secondary N) is 2. The highest BCUT2D eigenvalue weighted by Gasteiger charge is 2.15. The topological polar surface area (TPSA) is 63.9 Å². The van der Waals surface area contributed by atoms with E-state index in [9.17, 15) is 4.79 Å². The van der Waals surface area contributed by atoms with E-state index >= 15 is 0 Å². The molecule has 168 valence electrons. The van der Waals surface area contributed by atoms with Crippen molar-refractivity contribution in [2.75, 3.05) is 10.6 Å². The molecule has 0 atom stereocenters. The first kappa shape index (κ1) is 22.8. The molecule has 6 nitrogen and oxygen atoms in total. The Hall–Kier alpha value is -3.42. The van der Waals surface area contributed by atoms with Gasteiger partial charge in [0.15, 0.2) is 5.82 Å². The Balaban J connectivity index is 1.61. The predicted octanol–water partition coefficient (Wildman–Crippen LogP) is 5.92. The van der Waals surface area contributed by atoms with Gasteiger partial charge in [0.05, 0.1) is 6.54 Å². The molecule has 0 aliphatic carbocycles. The maximum absolute atomic E-state index is 12.7. The fourth-order valence-corrected chi connectivity index (χ4v) is 4.03. The van der Waals surface area contributed by atoms with Gasteiger partial charge in [0.1, 0.15) is 6.54 Å². The van der Waals surface area contributed by atoms with Crippen molar-refractivity contribution in [2.45, 2.75) is 26.9 Å². The average molecular weight is 478 g/mol. The summed E-state index contributed by atoms with van der Waals surface area (Å²) >= 11 is 12.0. The lowest BCUT2D eigenvalue weighted by Crippen LogP contribution is -2.20. The maximum atomic E-state index is 12.7. The van der Waals surface area contributed by atoms with E-state index in [1.54, 1.807) is 4.68 Å². The number of nitrogens with zero attached hydrogens (tertiary/aromatic N) is 3. The van der Waals surface area contributed by atoms with Crippen molar-refractivity contribution in [2.24, 2.45) is 0 Å².